The van der Waals surface area contributed by atoms with Gasteiger partial charge in [0.1, 0.15) is 5.71 Å². The summed E-state index contributed by atoms with van der Waals surface area (Å²) in [5.74, 6) is 0. The molecular weight excluding hydrogens is 363 g/mol. The monoisotopic (exact) mass is 376 g/mol. The standard InChI is InChI=1S/C15H13IN4/c16-20-19-15-11-6-2-1-5-10(11)9-18-13-8-4-3-7-12(13)14(15)17/h1-8,17-18,20H,9H2. The van der Waals surface area contributed by atoms with Crippen LogP contribution >= 0.6 is 22.9 Å². The van der Waals surface area contributed by atoms with Crippen LogP contribution in [0.25, 0.3) is 0 Å². The molecule has 1 aliphatic rings. The van der Waals surface area contributed by atoms with Crippen LogP contribution in [-0.4, -0.2) is 11.4 Å². The number of benzene rings is 2. The number of rotatable bonds is 1. The summed E-state index contributed by atoms with van der Waals surface area (Å²) >= 11 is 1.97. The van der Waals surface area contributed by atoms with Crippen LogP contribution in [0.5, 0.6) is 0 Å². The summed E-state index contributed by atoms with van der Waals surface area (Å²) in [6.07, 6.45) is 0. The summed E-state index contributed by atoms with van der Waals surface area (Å²) < 4.78 is 2.78. The van der Waals surface area contributed by atoms with E-state index in [1.54, 1.807) is 0 Å². The molecule has 0 atom stereocenters. The SMILES string of the molecule is N=C1C(=NNI)c2ccccc2CNc2ccccc21. The number of para-hydroxylation sites is 1. The molecule has 0 radical (unpaired) electrons. The molecule has 2 aromatic rings. The Morgan fingerprint density at radius 3 is 2.55 bits per heavy atom. The predicted molar refractivity (Wildman–Crippen MR) is 90.7 cm³/mol. The number of halogens is 1. The summed E-state index contributed by atoms with van der Waals surface area (Å²) in [5, 5.41) is 16.2. The smallest absolute Gasteiger partial charge is 0.117 e. The fraction of sp³-hybridized carbons (Fsp3) is 0.0667. The fourth-order valence-corrected chi connectivity index (χ4v) is 2.61. The number of hydrazone groups is 1. The molecule has 0 unspecified atom stereocenters. The van der Waals surface area contributed by atoms with E-state index in [-0.39, 0.29) is 0 Å². The fourth-order valence-electron chi connectivity index (χ4n) is 2.37. The van der Waals surface area contributed by atoms with Gasteiger partial charge in [0.05, 0.1) is 28.6 Å². The zero-order valence-electron chi connectivity index (χ0n) is 10.7. The van der Waals surface area contributed by atoms with Gasteiger partial charge in [-0.05, 0) is 11.6 Å². The van der Waals surface area contributed by atoms with Gasteiger partial charge in [0.25, 0.3) is 0 Å². The molecule has 0 amide bonds. The second-order valence-electron chi connectivity index (χ2n) is 4.48. The van der Waals surface area contributed by atoms with E-state index in [2.05, 4.69) is 20.1 Å². The van der Waals surface area contributed by atoms with E-state index in [0.29, 0.717) is 11.4 Å². The van der Waals surface area contributed by atoms with Crippen molar-refractivity contribution in [1.29, 1.82) is 5.41 Å². The number of anilines is 1. The summed E-state index contributed by atoms with van der Waals surface area (Å²) in [5.41, 5.74) is 5.05. The van der Waals surface area contributed by atoms with Crippen LogP contribution in [0.4, 0.5) is 5.69 Å². The van der Waals surface area contributed by atoms with Crippen molar-refractivity contribution in [3.05, 3.63) is 65.2 Å². The van der Waals surface area contributed by atoms with Crippen molar-refractivity contribution in [2.75, 3.05) is 5.32 Å². The van der Waals surface area contributed by atoms with Crippen LogP contribution in [0.15, 0.2) is 53.6 Å². The molecule has 1 aliphatic heterocycles. The van der Waals surface area contributed by atoms with Gasteiger partial charge < -0.3 is 5.32 Å². The Labute approximate surface area is 131 Å². The number of nitrogens with one attached hydrogen (secondary N) is 3. The van der Waals surface area contributed by atoms with Crippen molar-refractivity contribution in [2.24, 2.45) is 5.10 Å². The minimum absolute atomic E-state index is 0.421. The zero-order chi connectivity index (χ0) is 13.9. The van der Waals surface area contributed by atoms with Crippen LogP contribution in [0.3, 0.4) is 0 Å². The number of fused-ring (bicyclic) bond motifs is 2. The molecule has 0 bridgehead atoms. The average molecular weight is 376 g/mol. The molecule has 5 heteroatoms. The maximum absolute atomic E-state index is 8.49. The summed E-state index contributed by atoms with van der Waals surface area (Å²) in [7, 11) is 0. The van der Waals surface area contributed by atoms with E-state index >= 15 is 0 Å². The van der Waals surface area contributed by atoms with Gasteiger partial charge in [0.15, 0.2) is 0 Å². The Bertz CT molecular complexity index is 694. The van der Waals surface area contributed by atoms with Crippen LogP contribution in [0.1, 0.15) is 16.7 Å². The van der Waals surface area contributed by atoms with Crippen molar-refractivity contribution in [3.8, 4) is 0 Å². The van der Waals surface area contributed by atoms with Crippen LogP contribution in [0, 0.1) is 5.41 Å². The van der Waals surface area contributed by atoms with Gasteiger partial charge in [0, 0.05) is 23.4 Å². The number of hydrogen-bond acceptors (Lipinski definition) is 4. The zero-order valence-corrected chi connectivity index (χ0v) is 12.8. The Balaban J connectivity index is 2.20. The first-order chi connectivity index (χ1) is 9.81. The van der Waals surface area contributed by atoms with Gasteiger partial charge in [-0.15, -0.1) is 0 Å². The van der Waals surface area contributed by atoms with E-state index < -0.39 is 0 Å². The molecule has 3 rings (SSSR count). The summed E-state index contributed by atoms with van der Waals surface area (Å²) in [6, 6.07) is 15.9. The lowest BCUT2D eigenvalue weighted by Crippen LogP contribution is -2.24. The van der Waals surface area contributed by atoms with E-state index in [1.807, 2.05) is 65.3 Å². The van der Waals surface area contributed by atoms with E-state index in [0.717, 1.165) is 28.9 Å². The largest absolute Gasteiger partial charge is 0.380 e. The minimum atomic E-state index is 0.421. The third-order valence-corrected chi connectivity index (χ3v) is 3.57. The molecule has 0 saturated heterocycles. The topological polar surface area (TPSA) is 60.3 Å². The molecular formula is C15H13IN4. The van der Waals surface area contributed by atoms with Crippen LogP contribution in [-0.2, 0) is 6.54 Å². The van der Waals surface area contributed by atoms with Gasteiger partial charge in [-0.2, -0.15) is 5.10 Å². The summed E-state index contributed by atoms with van der Waals surface area (Å²) in [4.78, 5) is 0. The third kappa shape index (κ3) is 2.29. The quantitative estimate of drug-likeness (QED) is 0.406. The molecule has 20 heavy (non-hydrogen) atoms. The Morgan fingerprint density at radius 2 is 1.75 bits per heavy atom. The van der Waals surface area contributed by atoms with Crippen molar-refractivity contribution in [3.63, 3.8) is 0 Å². The predicted octanol–water partition coefficient (Wildman–Crippen LogP) is 3.32. The Morgan fingerprint density at radius 1 is 1.05 bits per heavy atom. The highest BCUT2D eigenvalue weighted by Crippen LogP contribution is 2.23. The number of hydrogen-bond donors (Lipinski definition) is 3. The Kier molecular flexibility index (Phi) is 3.68. The lowest BCUT2D eigenvalue weighted by Gasteiger charge is -2.20. The molecule has 0 aromatic heterocycles. The summed E-state index contributed by atoms with van der Waals surface area (Å²) in [6.45, 7) is 0.723. The van der Waals surface area contributed by atoms with Gasteiger partial charge in [-0.1, -0.05) is 42.5 Å². The Hall–Kier alpha value is -1.89. The van der Waals surface area contributed by atoms with E-state index in [1.165, 1.54) is 0 Å². The average Bonchev–Trinajstić information content (AvgIpc) is 2.49. The van der Waals surface area contributed by atoms with Gasteiger partial charge >= 0.3 is 0 Å². The molecule has 0 fully saturated rings. The van der Waals surface area contributed by atoms with Crippen LogP contribution < -0.4 is 8.96 Å². The molecule has 0 aliphatic carbocycles. The third-order valence-electron chi connectivity index (χ3n) is 3.33. The van der Waals surface area contributed by atoms with Gasteiger partial charge in [-0.3, -0.25) is 5.41 Å². The molecule has 1 heterocycles. The van der Waals surface area contributed by atoms with Gasteiger partial charge in [-0.25, -0.2) is 3.64 Å². The van der Waals surface area contributed by atoms with Crippen molar-refractivity contribution >= 4 is 40.0 Å². The van der Waals surface area contributed by atoms with Crippen molar-refractivity contribution in [1.82, 2.24) is 3.64 Å². The maximum Gasteiger partial charge on any atom is 0.117 e. The highest BCUT2D eigenvalue weighted by atomic mass is 127. The van der Waals surface area contributed by atoms with Gasteiger partial charge in [0.2, 0.25) is 0 Å². The van der Waals surface area contributed by atoms with E-state index in [9.17, 15) is 0 Å². The normalized spacial score (nSPS) is 15.7. The highest BCUT2D eigenvalue weighted by Gasteiger charge is 2.20. The number of nitrogens with zero attached hydrogens (tertiary/aromatic N) is 1. The first-order valence-electron chi connectivity index (χ1n) is 6.25. The lowest BCUT2D eigenvalue weighted by atomic mass is 9.93. The van der Waals surface area contributed by atoms with Crippen molar-refractivity contribution in [2.45, 2.75) is 6.54 Å². The second-order valence-corrected chi connectivity index (χ2v) is 4.96. The highest BCUT2D eigenvalue weighted by molar-refractivity contribution is 14.1. The minimum Gasteiger partial charge on any atom is -0.380 e. The molecule has 0 saturated carbocycles. The van der Waals surface area contributed by atoms with E-state index in [4.69, 9.17) is 5.41 Å². The second kappa shape index (κ2) is 5.62. The first-order valence-corrected chi connectivity index (χ1v) is 7.33. The molecule has 3 N–H and O–H groups in total. The maximum atomic E-state index is 8.49. The van der Waals surface area contributed by atoms with Crippen molar-refractivity contribution < 1.29 is 0 Å². The lowest BCUT2D eigenvalue weighted by molar-refractivity contribution is 1.12. The van der Waals surface area contributed by atoms with Crippen LogP contribution in [0.2, 0.25) is 0 Å². The first kappa shape index (κ1) is 13.1. The molecule has 100 valence electrons. The molecule has 0 spiro atoms. The molecule has 4 nitrogen and oxygen atoms in total. The molecule has 2 aromatic carbocycles.